The molecule has 0 amide bonds. The van der Waals surface area contributed by atoms with Gasteiger partial charge in [0.25, 0.3) is 0 Å². The molecule has 0 aliphatic heterocycles. The molecule has 0 radical (unpaired) electrons. The molecule has 1 aromatic heterocycles. The van der Waals surface area contributed by atoms with E-state index in [9.17, 15) is 4.79 Å². The molecule has 0 bridgehead atoms. The summed E-state index contributed by atoms with van der Waals surface area (Å²) in [4.78, 5) is 17.0. The summed E-state index contributed by atoms with van der Waals surface area (Å²) < 4.78 is 17.3. The molecule has 0 saturated carbocycles. The predicted octanol–water partition coefficient (Wildman–Crippen LogP) is 4.78. The summed E-state index contributed by atoms with van der Waals surface area (Å²) in [6.45, 7) is 6.17. The van der Waals surface area contributed by atoms with Crippen molar-refractivity contribution in [3.05, 3.63) is 65.9 Å². The number of hydrogen-bond acceptors (Lipinski definition) is 5. The minimum Gasteiger partial charge on any atom is -0.486 e. The van der Waals surface area contributed by atoms with Gasteiger partial charge in [-0.25, -0.2) is 9.78 Å². The van der Waals surface area contributed by atoms with Crippen LogP contribution in [-0.2, 0) is 11.3 Å². The van der Waals surface area contributed by atoms with Gasteiger partial charge in [-0.1, -0.05) is 42.5 Å². The Morgan fingerprint density at radius 1 is 1.00 bits per heavy atom. The van der Waals surface area contributed by atoms with Crippen molar-refractivity contribution in [1.82, 2.24) is 4.98 Å². The number of hydrogen-bond donors (Lipinski definition) is 0. The van der Waals surface area contributed by atoms with Gasteiger partial charge in [0, 0.05) is 5.39 Å². The second-order valence-corrected chi connectivity index (χ2v) is 6.30. The van der Waals surface area contributed by atoms with Crippen molar-refractivity contribution in [1.29, 1.82) is 0 Å². The van der Waals surface area contributed by atoms with Gasteiger partial charge in [0.05, 0.1) is 18.2 Å². The van der Waals surface area contributed by atoms with E-state index < -0.39 is 5.97 Å². The number of para-hydroxylation sites is 1. The first-order valence-electron chi connectivity index (χ1n) is 9.03. The molecule has 27 heavy (non-hydrogen) atoms. The van der Waals surface area contributed by atoms with E-state index in [1.54, 1.807) is 6.92 Å². The second-order valence-electron chi connectivity index (χ2n) is 6.30. The third kappa shape index (κ3) is 4.37. The molecule has 3 rings (SSSR count). The molecule has 2 aromatic carbocycles. The zero-order valence-electron chi connectivity index (χ0n) is 15.8. The van der Waals surface area contributed by atoms with E-state index in [-0.39, 0.29) is 18.4 Å². The van der Waals surface area contributed by atoms with Gasteiger partial charge in [-0.15, -0.1) is 0 Å². The van der Waals surface area contributed by atoms with Crippen LogP contribution in [0.1, 0.15) is 36.8 Å². The molecule has 0 unspecified atom stereocenters. The molecule has 140 valence electrons. The Bertz CT molecular complexity index is 922. The Morgan fingerprint density at radius 2 is 1.70 bits per heavy atom. The van der Waals surface area contributed by atoms with E-state index in [4.69, 9.17) is 14.2 Å². The Labute approximate surface area is 158 Å². The quantitative estimate of drug-likeness (QED) is 0.564. The van der Waals surface area contributed by atoms with Crippen LogP contribution in [-0.4, -0.2) is 23.7 Å². The highest BCUT2D eigenvalue weighted by Gasteiger charge is 2.24. The molecule has 0 aliphatic carbocycles. The van der Waals surface area contributed by atoms with E-state index in [0.717, 1.165) is 10.9 Å². The zero-order valence-corrected chi connectivity index (χ0v) is 15.8. The standard InChI is InChI=1S/C22H23NO4/c1-4-25-22(24)19-21(26-14-16-10-6-5-7-11-16)20(27-15(2)3)17-12-8-9-13-18(17)23-19/h5-13,15H,4,14H2,1-3H3. The van der Waals surface area contributed by atoms with Gasteiger partial charge in [0.15, 0.2) is 17.2 Å². The lowest BCUT2D eigenvalue weighted by Gasteiger charge is -2.19. The van der Waals surface area contributed by atoms with Gasteiger partial charge in [0.2, 0.25) is 0 Å². The van der Waals surface area contributed by atoms with Crippen molar-refractivity contribution < 1.29 is 19.0 Å². The summed E-state index contributed by atoms with van der Waals surface area (Å²) in [6, 6.07) is 17.3. The van der Waals surface area contributed by atoms with Crippen LogP contribution in [0.2, 0.25) is 0 Å². The van der Waals surface area contributed by atoms with Crippen LogP contribution in [0.25, 0.3) is 10.9 Å². The summed E-state index contributed by atoms with van der Waals surface area (Å²) in [5, 5.41) is 0.794. The predicted molar refractivity (Wildman–Crippen MR) is 104 cm³/mol. The molecule has 0 N–H and O–H groups in total. The maximum Gasteiger partial charge on any atom is 0.360 e. The fraction of sp³-hybridized carbons (Fsp3) is 0.273. The number of pyridine rings is 1. The van der Waals surface area contributed by atoms with Crippen LogP contribution >= 0.6 is 0 Å². The topological polar surface area (TPSA) is 57.7 Å². The van der Waals surface area contributed by atoms with E-state index in [1.165, 1.54) is 0 Å². The lowest BCUT2D eigenvalue weighted by atomic mass is 10.1. The number of nitrogens with zero attached hydrogens (tertiary/aromatic N) is 1. The monoisotopic (exact) mass is 365 g/mol. The Morgan fingerprint density at radius 3 is 2.41 bits per heavy atom. The van der Waals surface area contributed by atoms with Crippen molar-refractivity contribution in [3.63, 3.8) is 0 Å². The molecule has 0 aliphatic rings. The van der Waals surface area contributed by atoms with Gasteiger partial charge in [0.1, 0.15) is 6.61 Å². The van der Waals surface area contributed by atoms with Gasteiger partial charge in [-0.2, -0.15) is 0 Å². The average Bonchev–Trinajstić information content (AvgIpc) is 2.67. The van der Waals surface area contributed by atoms with Gasteiger partial charge in [-0.05, 0) is 38.5 Å². The average molecular weight is 365 g/mol. The first-order valence-corrected chi connectivity index (χ1v) is 9.03. The van der Waals surface area contributed by atoms with Crippen LogP contribution in [0.15, 0.2) is 54.6 Å². The second kappa shape index (κ2) is 8.54. The first kappa shape index (κ1) is 18.7. The minimum atomic E-state index is -0.528. The Kier molecular flexibility index (Phi) is 5.91. The van der Waals surface area contributed by atoms with Crippen LogP contribution in [0.3, 0.4) is 0 Å². The Hall–Kier alpha value is -3.08. The Balaban J connectivity index is 2.12. The summed E-state index contributed by atoms with van der Waals surface area (Å²) in [5.74, 6) is 0.291. The fourth-order valence-corrected chi connectivity index (χ4v) is 2.72. The third-order valence-corrected chi connectivity index (χ3v) is 3.85. The lowest BCUT2D eigenvalue weighted by Crippen LogP contribution is -2.14. The number of ether oxygens (including phenoxy) is 3. The van der Waals surface area contributed by atoms with Crippen molar-refractivity contribution in [2.75, 3.05) is 6.61 Å². The van der Waals surface area contributed by atoms with E-state index in [0.29, 0.717) is 23.6 Å². The van der Waals surface area contributed by atoms with Crippen molar-refractivity contribution in [2.24, 2.45) is 0 Å². The highest BCUT2D eigenvalue weighted by atomic mass is 16.5. The van der Waals surface area contributed by atoms with E-state index in [1.807, 2.05) is 68.4 Å². The van der Waals surface area contributed by atoms with Crippen LogP contribution in [0.5, 0.6) is 11.5 Å². The van der Waals surface area contributed by atoms with Crippen molar-refractivity contribution in [2.45, 2.75) is 33.5 Å². The van der Waals surface area contributed by atoms with Gasteiger partial charge < -0.3 is 14.2 Å². The molecular weight excluding hydrogens is 342 g/mol. The third-order valence-electron chi connectivity index (χ3n) is 3.85. The van der Waals surface area contributed by atoms with Crippen LogP contribution < -0.4 is 9.47 Å². The van der Waals surface area contributed by atoms with E-state index >= 15 is 0 Å². The number of aromatic nitrogens is 1. The smallest absolute Gasteiger partial charge is 0.360 e. The lowest BCUT2D eigenvalue weighted by molar-refractivity contribution is 0.0512. The number of rotatable bonds is 7. The summed E-state index contributed by atoms with van der Waals surface area (Å²) >= 11 is 0. The molecular formula is C22H23NO4. The summed E-state index contributed by atoms with van der Waals surface area (Å²) in [6.07, 6.45) is -0.0927. The molecule has 1 heterocycles. The zero-order chi connectivity index (χ0) is 19.2. The molecule has 5 nitrogen and oxygen atoms in total. The molecule has 0 spiro atoms. The molecule has 0 fully saturated rings. The highest BCUT2D eigenvalue weighted by molar-refractivity contribution is 5.98. The van der Waals surface area contributed by atoms with Gasteiger partial charge >= 0.3 is 5.97 Å². The van der Waals surface area contributed by atoms with Crippen LogP contribution in [0.4, 0.5) is 0 Å². The molecule has 3 aromatic rings. The van der Waals surface area contributed by atoms with Gasteiger partial charge in [-0.3, -0.25) is 0 Å². The summed E-state index contributed by atoms with van der Waals surface area (Å²) in [5.41, 5.74) is 1.77. The maximum atomic E-state index is 12.5. The van der Waals surface area contributed by atoms with E-state index in [2.05, 4.69) is 4.98 Å². The minimum absolute atomic E-state index is 0.0927. The largest absolute Gasteiger partial charge is 0.486 e. The SMILES string of the molecule is CCOC(=O)c1nc2ccccc2c(OC(C)C)c1OCc1ccccc1. The van der Waals surface area contributed by atoms with Crippen molar-refractivity contribution >= 4 is 16.9 Å². The van der Waals surface area contributed by atoms with Crippen LogP contribution in [0, 0.1) is 0 Å². The molecule has 5 heteroatoms. The fourth-order valence-electron chi connectivity index (χ4n) is 2.72. The molecule has 0 saturated heterocycles. The number of fused-ring (bicyclic) bond motifs is 1. The number of esters is 1. The highest BCUT2D eigenvalue weighted by Crippen LogP contribution is 2.39. The number of carbonyl (C=O) groups excluding carboxylic acids is 1. The molecule has 0 atom stereocenters. The number of benzene rings is 2. The first-order chi connectivity index (χ1) is 13.1. The normalized spacial score (nSPS) is 10.8. The van der Waals surface area contributed by atoms with Crippen molar-refractivity contribution in [3.8, 4) is 11.5 Å². The maximum absolute atomic E-state index is 12.5. The number of carbonyl (C=O) groups is 1. The summed E-state index contributed by atoms with van der Waals surface area (Å²) in [7, 11) is 0.